The molecule has 0 aliphatic heterocycles. The average Bonchev–Trinajstić information content (AvgIpc) is 3.00. The van der Waals surface area contributed by atoms with Crippen LogP contribution in [0.1, 0.15) is 38.3 Å². The molecular formula is C25H24N2O2. The highest BCUT2D eigenvalue weighted by atomic mass is 16.5. The number of hydrogen-bond acceptors (Lipinski definition) is 3. The number of aryl methyl sites for hydroxylation is 2. The molecule has 3 aromatic carbocycles. The number of H-pyrrole nitrogens is 1. The lowest BCUT2D eigenvalue weighted by Gasteiger charge is -2.09. The predicted octanol–water partition coefficient (Wildman–Crippen LogP) is 5.31. The summed E-state index contributed by atoms with van der Waals surface area (Å²) in [7, 11) is 0. The minimum Gasteiger partial charge on any atom is -0.457 e. The van der Waals surface area contributed by atoms with Gasteiger partial charge in [-0.3, -0.25) is 0 Å². The minimum atomic E-state index is -0.336. The number of benzene rings is 3. The number of carbonyl (C=O) groups is 1. The molecule has 0 spiro atoms. The number of aromatic amines is 1. The van der Waals surface area contributed by atoms with Gasteiger partial charge in [-0.1, -0.05) is 36.4 Å². The zero-order valence-electron chi connectivity index (χ0n) is 16.7. The van der Waals surface area contributed by atoms with Crippen LogP contribution in [0, 0.1) is 13.8 Å². The van der Waals surface area contributed by atoms with Crippen molar-refractivity contribution in [1.29, 1.82) is 0 Å². The number of anilines is 1. The van der Waals surface area contributed by atoms with E-state index >= 15 is 0 Å². The maximum absolute atomic E-state index is 12.6. The lowest BCUT2D eigenvalue weighted by Crippen LogP contribution is -2.06. The van der Waals surface area contributed by atoms with Crippen LogP contribution in [-0.2, 0) is 17.8 Å². The lowest BCUT2D eigenvalue weighted by atomic mass is 10.0. The second kappa shape index (κ2) is 7.84. The van der Waals surface area contributed by atoms with Crippen LogP contribution < -0.4 is 5.73 Å². The summed E-state index contributed by atoms with van der Waals surface area (Å²) in [5.74, 6) is -0.336. The van der Waals surface area contributed by atoms with Crippen LogP contribution in [0.4, 0.5) is 5.69 Å². The summed E-state index contributed by atoms with van der Waals surface area (Å²) in [5.41, 5.74) is 13.8. The topological polar surface area (TPSA) is 68.1 Å². The SMILES string of the molecule is Cc1[nH]c2ccc(C(=O)OCc3cc(N)cc(Cc4ccccc4)c3)cc2c1C. The van der Waals surface area contributed by atoms with Gasteiger partial charge in [-0.05, 0) is 72.9 Å². The third-order valence-electron chi connectivity index (χ3n) is 5.24. The van der Waals surface area contributed by atoms with E-state index in [-0.39, 0.29) is 12.6 Å². The standard InChI is InChI=1S/C25H24N2O2/c1-16-17(2)27-24-9-8-21(14-23(16)24)25(28)29-15-20-11-19(12-22(26)13-20)10-18-6-4-3-5-7-18/h3-9,11-14,27H,10,15,26H2,1-2H3. The molecule has 1 aromatic heterocycles. The van der Waals surface area contributed by atoms with Gasteiger partial charge >= 0.3 is 5.97 Å². The molecule has 4 aromatic rings. The molecule has 0 aliphatic rings. The van der Waals surface area contributed by atoms with E-state index < -0.39 is 0 Å². The fraction of sp³-hybridized carbons (Fsp3) is 0.160. The molecule has 0 atom stereocenters. The zero-order chi connectivity index (χ0) is 20.4. The Labute approximate surface area is 170 Å². The van der Waals surface area contributed by atoms with Crippen molar-refractivity contribution in [2.45, 2.75) is 26.9 Å². The molecule has 0 aliphatic carbocycles. The second-order valence-electron chi connectivity index (χ2n) is 7.46. The third kappa shape index (κ3) is 4.16. The Balaban J connectivity index is 1.48. The first-order valence-electron chi connectivity index (χ1n) is 9.68. The number of nitrogens with two attached hydrogens (primary N) is 1. The first-order valence-corrected chi connectivity index (χ1v) is 9.68. The van der Waals surface area contributed by atoms with Crippen LogP contribution in [-0.4, -0.2) is 11.0 Å². The molecular weight excluding hydrogens is 360 g/mol. The number of aromatic nitrogens is 1. The van der Waals surface area contributed by atoms with Gasteiger partial charge in [-0.2, -0.15) is 0 Å². The van der Waals surface area contributed by atoms with Crippen LogP contribution in [0.15, 0.2) is 66.7 Å². The summed E-state index contributed by atoms with van der Waals surface area (Å²) in [6, 6.07) is 21.7. The summed E-state index contributed by atoms with van der Waals surface area (Å²) in [6.07, 6.45) is 0.787. The van der Waals surface area contributed by atoms with E-state index in [1.165, 1.54) is 5.56 Å². The maximum atomic E-state index is 12.6. The van der Waals surface area contributed by atoms with E-state index in [0.717, 1.165) is 39.7 Å². The molecule has 3 N–H and O–H groups in total. The summed E-state index contributed by atoms with van der Waals surface area (Å²) in [6.45, 7) is 4.26. The normalized spacial score (nSPS) is 11.0. The molecule has 146 valence electrons. The molecule has 0 saturated heterocycles. The Hall–Kier alpha value is -3.53. The molecule has 0 saturated carbocycles. The number of nitrogen functional groups attached to an aromatic ring is 1. The molecule has 29 heavy (non-hydrogen) atoms. The quantitative estimate of drug-likeness (QED) is 0.362. The number of ether oxygens (including phenoxy) is 1. The molecule has 0 radical (unpaired) electrons. The number of esters is 1. The Morgan fingerprint density at radius 2 is 1.69 bits per heavy atom. The lowest BCUT2D eigenvalue weighted by molar-refractivity contribution is 0.0473. The monoisotopic (exact) mass is 384 g/mol. The van der Waals surface area contributed by atoms with Crippen molar-refractivity contribution >= 4 is 22.6 Å². The number of carbonyl (C=O) groups excluding carboxylic acids is 1. The molecule has 0 amide bonds. The molecule has 4 heteroatoms. The summed E-state index contributed by atoms with van der Waals surface area (Å²) >= 11 is 0. The van der Waals surface area contributed by atoms with Gasteiger partial charge in [-0.15, -0.1) is 0 Å². The maximum Gasteiger partial charge on any atom is 0.338 e. The number of fused-ring (bicyclic) bond motifs is 1. The highest BCUT2D eigenvalue weighted by molar-refractivity contribution is 5.96. The van der Waals surface area contributed by atoms with E-state index in [1.807, 2.05) is 62.4 Å². The van der Waals surface area contributed by atoms with Gasteiger partial charge in [0.05, 0.1) is 5.56 Å². The van der Waals surface area contributed by atoms with Gasteiger partial charge in [0.2, 0.25) is 0 Å². The van der Waals surface area contributed by atoms with E-state index in [4.69, 9.17) is 10.5 Å². The van der Waals surface area contributed by atoms with Gasteiger partial charge in [0.15, 0.2) is 0 Å². The largest absolute Gasteiger partial charge is 0.457 e. The van der Waals surface area contributed by atoms with Crippen LogP contribution in [0.2, 0.25) is 0 Å². The Morgan fingerprint density at radius 1 is 0.931 bits per heavy atom. The molecule has 4 rings (SSSR count). The van der Waals surface area contributed by atoms with E-state index in [1.54, 1.807) is 6.07 Å². The van der Waals surface area contributed by atoms with Gasteiger partial charge in [0.1, 0.15) is 6.61 Å². The van der Waals surface area contributed by atoms with Crippen molar-refractivity contribution in [2.75, 3.05) is 5.73 Å². The van der Waals surface area contributed by atoms with Gasteiger partial charge in [-0.25, -0.2) is 4.79 Å². The van der Waals surface area contributed by atoms with Crippen molar-refractivity contribution in [1.82, 2.24) is 4.98 Å². The van der Waals surface area contributed by atoms with E-state index in [9.17, 15) is 4.79 Å². The fourth-order valence-electron chi connectivity index (χ4n) is 3.63. The predicted molar refractivity (Wildman–Crippen MR) is 117 cm³/mol. The molecule has 1 heterocycles. The van der Waals surface area contributed by atoms with Crippen molar-refractivity contribution < 1.29 is 9.53 Å². The first-order chi connectivity index (χ1) is 14.0. The van der Waals surface area contributed by atoms with E-state index in [0.29, 0.717) is 11.3 Å². The van der Waals surface area contributed by atoms with Crippen molar-refractivity contribution in [2.24, 2.45) is 0 Å². The Bertz CT molecular complexity index is 1180. The van der Waals surface area contributed by atoms with Gasteiger partial charge < -0.3 is 15.5 Å². The number of nitrogens with one attached hydrogen (secondary N) is 1. The highest BCUT2D eigenvalue weighted by Gasteiger charge is 2.12. The molecule has 4 nitrogen and oxygen atoms in total. The minimum absolute atomic E-state index is 0.189. The number of hydrogen-bond donors (Lipinski definition) is 2. The smallest absolute Gasteiger partial charge is 0.338 e. The van der Waals surface area contributed by atoms with Gasteiger partial charge in [0.25, 0.3) is 0 Å². The Kier molecular flexibility index (Phi) is 5.09. The Morgan fingerprint density at radius 3 is 2.48 bits per heavy atom. The second-order valence-corrected chi connectivity index (χ2v) is 7.46. The zero-order valence-corrected chi connectivity index (χ0v) is 16.7. The number of rotatable bonds is 5. The van der Waals surface area contributed by atoms with Crippen LogP contribution >= 0.6 is 0 Å². The van der Waals surface area contributed by atoms with Crippen molar-refractivity contribution in [3.8, 4) is 0 Å². The molecule has 0 bridgehead atoms. The average molecular weight is 384 g/mol. The first kappa shape index (κ1) is 18.8. The highest BCUT2D eigenvalue weighted by Crippen LogP contribution is 2.23. The fourth-order valence-corrected chi connectivity index (χ4v) is 3.63. The van der Waals surface area contributed by atoms with Crippen LogP contribution in [0.3, 0.4) is 0 Å². The van der Waals surface area contributed by atoms with Crippen LogP contribution in [0.25, 0.3) is 10.9 Å². The summed E-state index contributed by atoms with van der Waals surface area (Å²) < 4.78 is 5.57. The third-order valence-corrected chi connectivity index (χ3v) is 5.24. The van der Waals surface area contributed by atoms with Crippen molar-refractivity contribution in [3.05, 3.63) is 100 Å². The molecule has 0 fully saturated rings. The van der Waals surface area contributed by atoms with Crippen LogP contribution in [0.5, 0.6) is 0 Å². The summed E-state index contributed by atoms with van der Waals surface area (Å²) in [4.78, 5) is 15.9. The van der Waals surface area contributed by atoms with E-state index in [2.05, 4.69) is 17.1 Å². The summed E-state index contributed by atoms with van der Waals surface area (Å²) in [5, 5.41) is 1.05. The van der Waals surface area contributed by atoms with Crippen molar-refractivity contribution in [3.63, 3.8) is 0 Å². The molecule has 0 unspecified atom stereocenters. The van der Waals surface area contributed by atoms with Gasteiger partial charge in [0, 0.05) is 22.3 Å².